The zero-order valence-corrected chi connectivity index (χ0v) is 30.6. The number of aromatic hydroxyl groups is 2. The number of hydrogen-bond donors (Lipinski definition) is 2. The van der Waals surface area contributed by atoms with Gasteiger partial charge in [0.25, 0.3) is 0 Å². The zero-order chi connectivity index (χ0) is 35.9. The van der Waals surface area contributed by atoms with Gasteiger partial charge in [0.15, 0.2) is 0 Å². The Morgan fingerprint density at radius 2 is 0.854 bits per heavy atom. The third kappa shape index (κ3) is 14.7. The first kappa shape index (κ1) is 40.6. The van der Waals surface area contributed by atoms with Crippen molar-refractivity contribution in [3.63, 3.8) is 0 Å². The molecule has 0 amide bonds. The van der Waals surface area contributed by atoms with Gasteiger partial charge in [-0.3, -0.25) is 0 Å². The summed E-state index contributed by atoms with van der Waals surface area (Å²) in [6.07, 6.45) is -6.38. The molecule has 0 aliphatic rings. The summed E-state index contributed by atoms with van der Waals surface area (Å²) in [5, 5.41) is 22.8. The molecule has 0 bridgehead atoms. The van der Waals surface area contributed by atoms with Crippen molar-refractivity contribution in [3.05, 3.63) is 144 Å². The Hall–Kier alpha value is -3.62. The number of fused-ring (bicyclic) bond motifs is 2. The van der Waals surface area contributed by atoms with Crippen LogP contribution in [0.4, 0.5) is 26.3 Å². The summed E-state index contributed by atoms with van der Waals surface area (Å²) in [6, 6.07) is 33.3. The van der Waals surface area contributed by atoms with Crippen LogP contribution in [0.1, 0.15) is 36.1 Å². The van der Waals surface area contributed by atoms with Crippen LogP contribution in [0.3, 0.4) is 0 Å². The predicted molar refractivity (Wildman–Crippen MR) is 182 cm³/mol. The number of benzene rings is 4. The largest absolute Gasteiger partial charge is 0.508 e. The van der Waals surface area contributed by atoms with Crippen LogP contribution >= 0.6 is 0 Å². The van der Waals surface area contributed by atoms with Crippen LogP contribution < -0.4 is 0 Å². The minimum Gasteiger partial charge on any atom is -0.508 e. The second kappa shape index (κ2) is 19.4. The van der Waals surface area contributed by atoms with E-state index in [0.717, 1.165) is 61.4 Å². The molecule has 0 heterocycles. The Morgan fingerprint density at radius 1 is 0.562 bits per heavy atom. The first-order valence-electron chi connectivity index (χ1n) is 15.1. The van der Waals surface area contributed by atoms with Gasteiger partial charge in [0.05, 0.1) is 11.1 Å². The molecule has 10 heteroatoms. The molecule has 2 nitrogen and oxygen atoms in total. The smallest absolute Gasteiger partial charge is 0.416 e. The molecule has 0 aliphatic heterocycles. The average Bonchev–Trinajstić information content (AvgIpc) is 3.65. The van der Waals surface area contributed by atoms with Gasteiger partial charge >= 0.3 is 54.2 Å². The van der Waals surface area contributed by atoms with Crippen molar-refractivity contribution < 1.29 is 59.9 Å². The number of rotatable bonds is 2. The van der Waals surface area contributed by atoms with E-state index in [-0.39, 0.29) is 16.9 Å². The van der Waals surface area contributed by atoms with Crippen molar-refractivity contribution in [2.24, 2.45) is 0 Å². The first-order valence-corrected chi connectivity index (χ1v) is 21.2. The molecule has 2 N–H and O–H groups in total. The predicted octanol–water partition coefficient (Wildman–Crippen LogP) is 11.8. The van der Waals surface area contributed by atoms with Crippen molar-refractivity contribution in [1.29, 1.82) is 0 Å². The van der Waals surface area contributed by atoms with Crippen molar-refractivity contribution in [2.45, 2.75) is 52.1 Å². The molecule has 0 atom stereocenters. The Morgan fingerprint density at radius 3 is 1.10 bits per heavy atom. The molecule has 48 heavy (non-hydrogen) atoms. The molecular formula is C38H38F6O2SiZr. The van der Waals surface area contributed by atoms with E-state index < -0.39 is 23.5 Å². The van der Waals surface area contributed by atoms with E-state index in [9.17, 15) is 26.3 Å². The molecular weight excluding hydrogens is 722 g/mol. The van der Waals surface area contributed by atoms with Gasteiger partial charge in [-0.15, -0.1) is 81.2 Å². The second-order valence-corrected chi connectivity index (χ2v) is 20.2. The maximum absolute atomic E-state index is 11.8. The standard InChI is InChI=1S/2C11H11.2C7H5F3O.C2H6Si.Zr/c2*1-2-9-7-10-5-3-4-6-11(10)8-9;2*8-7(9,10)5-1-3-6(11)4-2-5;1-3-2;/h2*3-8H,2H2,1H3;2*1-4,11H;1-2H3;/q2*-1;;;;+2. The topological polar surface area (TPSA) is 40.5 Å². The quantitative estimate of drug-likeness (QED) is 0.105. The Bertz CT molecular complexity index is 1620. The number of phenolic OH excluding ortho intramolecular Hbond substituents is 2. The zero-order valence-electron chi connectivity index (χ0n) is 27.1. The van der Waals surface area contributed by atoms with E-state index in [1.807, 2.05) is 0 Å². The summed E-state index contributed by atoms with van der Waals surface area (Å²) in [4.78, 5) is 0. The number of phenols is 2. The van der Waals surface area contributed by atoms with Crippen LogP contribution in [-0.2, 0) is 48.5 Å². The van der Waals surface area contributed by atoms with Gasteiger partial charge in [-0.25, -0.2) is 0 Å². The molecule has 0 fully saturated rings. The molecule has 0 spiro atoms. The van der Waals surface area contributed by atoms with Crippen LogP contribution in [0.25, 0.3) is 21.5 Å². The summed E-state index contributed by atoms with van der Waals surface area (Å²) in [6.45, 7) is 8.99. The maximum atomic E-state index is 11.8. The number of alkyl halides is 6. The van der Waals surface area contributed by atoms with Crippen molar-refractivity contribution in [2.75, 3.05) is 0 Å². The van der Waals surface area contributed by atoms with Crippen molar-refractivity contribution in [1.82, 2.24) is 0 Å². The summed E-state index contributed by atoms with van der Waals surface area (Å²) < 4.78 is 71.0. The molecule has 0 aromatic heterocycles. The molecule has 0 saturated heterocycles. The Balaban J connectivity index is 0.000000214. The minimum atomic E-state index is -4.33. The van der Waals surface area contributed by atoms with E-state index in [4.69, 9.17) is 10.2 Å². The van der Waals surface area contributed by atoms with Crippen molar-refractivity contribution in [3.8, 4) is 11.5 Å². The first-order chi connectivity index (χ1) is 22.5. The van der Waals surface area contributed by atoms with Gasteiger partial charge in [0.1, 0.15) is 11.5 Å². The van der Waals surface area contributed by atoms with Gasteiger partial charge in [-0.2, -0.15) is 38.5 Å². The van der Waals surface area contributed by atoms with Crippen LogP contribution in [0.2, 0.25) is 13.1 Å². The number of halogens is 6. The molecule has 0 radical (unpaired) electrons. The Kier molecular flexibility index (Phi) is 16.4. The molecule has 6 aromatic rings. The van der Waals surface area contributed by atoms with Crippen LogP contribution in [0.5, 0.6) is 11.5 Å². The maximum Gasteiger partial charge on any atom is 0.416 e. The van der Waals surface area contributed by atoms with Crippen LogP contribution in [0, 0.1) is 0 Å². The van der Waals surface area contributed by atoms with Gasteiger partial charge < -0.3 is 10.2 Å². The van der Waals surface area contributed by atoms with Gasteiger partial charge in [0, 0.05) is 0 Å². The number of hydrogen-bond acceptors (Lipinski definition) is 2. The summed E-state index contributed by atoms with van der Waals surface area (Å²) >= 11 is 1.74. The van der Waals surface area contributed by atoms with E-state index in [1.165, 1.54) is 32.7 Å². The molecule has 6 rings (SSSR count). The van der Waals surface area contributed by atoms with Crippen molar-refractivity contribution >= 4 is 27.0 Å². The van der Waals surface area contributed by atoms with Gasteiger partial charge in [-0.05, 0) is 61.4 Å². The second-order valence-electron chi connectivity index (χ2n) is 10.8. The summed E-state index contributed by atoms with van der Waals surface area (Å²) in [7, 11) is 0. The number of aryl methyl sites for hydroxylation is 2. The Labute approximate surface area is 292 Å². The minimum absolute atomic E-state index is 0.169. The average molecular weight is 760 g/mol. The summed E-state index contributed by atoms with van der Waals surface area (Å²) in [5.74, 6) is -0.337. The fourth-order valence-electron chi connectivity index (χ4n) is 4.14. The molecule has 0 saturated carbocycles. The SMILES string of the molecule is CCc1cc2ccccc2[cH-]1.CCc1cc2ccccc2[cH-]1.C[Si](C)=[Zr+2].Oc1ccc(C(F)(F)F)cc1.Oc1ccc(C(F)(F)F)cc1. The monoisotopic (exact) mass is 758 g/mol. The third-order valence-electron chi connectivity index (χ3n) is 6.56. The molecule has 6 aromatic carbocycles. The van der Waals surface area contributed by atoms with E-state index >= 15 is 0 Å². The fourth-order valence-corrected chi connectivity index (χ4v) is 4.14. The molecule has 252 valence electrons. The van der Waals surface area contributed by atoms with Crippen LogP contribution in [0.15, 0.2) is 121 Å². The fraction of sp³-hybridized carbons (Fsp3) is 0.211. The van der Waals surface area contributed by atoms with E-state index in [2.05, 4.69) is 99.7 Å². The van der Waals surface area contributed by atoms with Gasteiger partial charge in [0.2, 0.25) is 0 Å². The van der Waals surface area contributed by atoms with Gasteiger partial charge in [-0.1, -0.05) is 26.0 Å². The van der Waals surface area contributed by atoms with Crippen LogP contribution in [-0.4, -0.2) is 15.6 Å². The van der Waals surface area contributed by atoms with E-state index in [1.54, 1.807) is 23.3 Å². The normalized spacial score (nSPS) is 10.8. The molecule has 0 unspecified atom stereocenters. The van der Waals surface area contributed by atoms with E-state index in [0.29, 0.717) is 0 Å². The summed E-state index contributed by atoms with van der Waals surface area (Å²) in [5.41, 5.74) is 1.57. The molecule has 0 aliphatic carbocycles. The third-order valence-corrected chi connectivity index (χ3v) is 6.56.